The summed E-state index contributed by atoms with van der Waals surface area (Å²) in [5, 5.41) is 1.24. The Bertz CT molecular complexity index is 693. The Morgan fingerprint density at radius 1 is 1.32 bits per heavy atom. The van der Waals surface area contributed by atoms with Gasteiger partial charge in [0.25, 0.3) is 0 Å². The molecule has 3 rings (SSSR count). The third-order valence-electron chi connectivity index (χ3n) is 4.01. The standard InChI is InChI=1S/C17H24N3O2/c1-17(2,3)22-16(21)19-9-13(10-19)11-20-12-14-7-5-6-8-15(14)18(20)4/h5-8,12-13H,9-11H2,1-4H3/q+1. The molecule has 5 nitrogen and oxygen atoms in total. The number of rotatable bonds is 2. The van der Waals surface area contributed by atoms with E-state index in [9.17, 15) is 4.79 Å². The summed E-state index contributed by atoms with van der Waals surface area (Å²) in [6.45, 7) is 8.14. The fourth-order valence-corrected chi connectivity index (χ4v) is 2.88. The van der Waals surface area contributed by atoms with Gasteiger partial charge in [0.2, 0.25) is 5.52 Å². The van der Waals surface area contributed by atoms with Gasteiger partial charge < -0.3 is 9.64 Å². The molecule has 1 aromatic carbocycles. The van der Waals surface area contributed by atoms with E-state index in [2.05, 4.69) is 46.9 Å². The SMILES string of the molecule is C[n+]1c2ccccc2cn1CC1CN(C(=O)OC(C)(C)C)C1. The molecule has 0 bridgehead atoms. The topological polar surface area (TPSA) is 38.3 Å². The Kier molecular flexibility index (Phi) is 3.59. The zero-order valence-corrected chi connectivity index (χ0v) is 13.7. The largest absolute Gasteiger partial charge is 0.444 e. The lowest BCUT2D eigenvalue weighted by Crippen LogP contribution is -2.54. The molecule has 22 heavy (non-hydrogen) atoms. The van der Waals surface area contributed by atoms with Gasteiger partial charge in [0.1, 0.15) is 5.60 Å². The molecule has 1 aliphatic heterocycles. The van der Waals surface area contributed by atoms with Crippen LogP contribution in [0.5, 0.6) is 0 Å². The first kappa shape index (κ1) is 14.9. The number of benzene rings is 1. The predicted octanol–water partition coefficient (Wildman–Crippen LogP) is 2.33. The van der Waals surface area contributed by atoms with Gasteiger partial charge in [-0.3, -0.25) is 0 Å². The fraction of sp³-hybridized carbons (Fsp3) is 0.529. The first-order valence-corrected chi connectivity index (χ1v) is 7.75. The molecule has 0 N–H and O–H groups in total. The average Bonchev–Trinajstić information content (AvgIpc) is 2.68. The van der Waals surface area contributed by atoms with Crippen LogP contribution in [-0.2, 0) is 18.3 Å². The summed E-state index contributed by atoms with van der Waals surface area (Å²) >= 11 is 0. The molecule has 1 amide bonds. The monoisotopic (exact) mass is 302 g/mol. The van der Waals surface area contributed by atoms with Crippen LogP contribution in [0.2, 0.25) is 0 Å². The van der Waals surface area contributed by atoms with E-state index in [1.54, 1.807) is 4.90 Å². The summed E-state index contributed by atoms with van der Waals surface area (Å²) in [6.07, 6.45) is 1.97. The van der Waals surface area contributed by atoms with Crippen molar-refractivity contribution in [3.8, 4) is 0 Å². The minimum Gasteiger partial charge on any atom is -0.444 e. The lowest BCUT2D eigenvalue weighted by molar-refractivity contribution is -0.731. The lowest BCUT2D eigenvalue weighted by atomic mass is 10.0. The van der Waals surface area contributed by atoms with Crippen LogP contribution in [0.25, 0.3) is 10.9 Å². The van der Waals surface area contributed by atoms with Crippen LogP contribution in [0, 0.1) is 5.92 Å². The molecule has 2 aromatic rings. The summed E-state index contributed by atoms with van der Waals surface area (Å²) in [5.74, 6) is 0.487. The van der Waals surface area contributed by atoms with Gasteiger partial charge >= 0.3 is 6.09 Å². The predicted molar refractivity (Wildman–Crippen MR) is 84.4 cm³/mol. The number of fused-ring (bicyclic) bond motifs is 1. The number of amides is 1. The maximum atomic E-state index is 11.9. The molecule has 1 saturated heterocycles. The van der Waals surface area contributed by atoms with E-state index in [1.165, 1.54) is 10.9 Å². The van der Waals surface area contributed by atoms with Gasteiger partial charge in [0.15, 0.2) is 7.05 Å². The summed E-state index contributed by atoms with van der Waals surface area (Å²) in [4.78, 5) is 13.7. The molecule has 0 radical (unpaired) electrons. The van der Waals surface area contributed by atoms with Crippen molar-refractivity contribution >= 4 is 17.0 Å². The Hall–Kier alpha value is -2.04. The minimum atomic E-state index is -0.424. The third kappa shape index (κ3) is 2.93. The molecule has 1 aromatic heterocycles. The molecule has 0 aliphatic carbocycles. The van der Waals surface area contributed by atoms with Crippen molar-refractivity contribution in [3.05, 3.63) is 30.5 Å². The van der Waals surface area contributed by atoms with Crippen molar-refractivity contribution in [2.75, 3.05) is 13.1 Å². The maximum Gasteiger partial charge on any atom is 0.410 e. The lowest BCUT2D eigenvalue weighted by Gasteiger charge is -2.39. The zero-order chi connectivity index (χ0) is 15.9. The van der Waals surface area contributed by atoms with Crippen LogP contribution >= 0.6 is 0 Å². The van der Waals surface area contributed by atoms with Gasteiger partial charge in [0.05, 0.1) is 18.1 Å². The van der Waals surface area contributed by atoms with E-state index in [0.717, 1.165) is 19.6 Å². The number of nitrogens with zero attached hydrogens (tertiary/aromatic N) is 3. The van der Waals surface area contributed by atoms with E-state index in [4.69, 9.17) is 4.74 Å². The van der Waals surface area contributed by atoms with E-state index in [0.29, 0.717) is 5.92 Å². The minimum absolute atomic E-state index is 0.203. The average molecular weight is 302 g/mol. The molecule has 0 saturated carbocycles. The van der Waals surface area contributed by atoms with Gasteiger partial charge in [-0.05, 0) is 26.8 Å². The molecule has 5 heteroatoms. The molecular weight excluding hydrogens is 278 g/mol. The Morgan fingerprint density at radius 2 is 2.00 bits per heavy atom. The molecular formula is C17H24N3O2+. The van der Waals surface area contributed by atoms with Gasteiger partial charge in [-0.2, -0.15) is 4.68 Å². The van der Waals surface area contributed by atoms with Gasteiger partial charge in [0, 0.05) is 25.1 Å². The number of aryl methyl sites for hydroxylation is 1. The van der Waals surface area contributed by atoms with E-state index in [-0.39, 0.29) is 6.09 Å². The Labute approximate surface area is 131 Å². The van der Waals surface area contributed by atoms with Crippen molar-refractivity contribution in [2.45, 2.75) is 32.9 Å². The van der Waals surface area contributed by atoms with Crippen LogP contribution in [0.4, 0.5) is 4.79 Å². The molecule has 2 heterocycles. The van der Waals surface area contributed by atoms with Crippen LogP contribution in [0.15, 0.2) is 30.5 Å². The second kappa shape index (κ2) is 5.30. The Morgan fingerprint density at radius 3 is 2.64 bits per heavy atom. The summed E-state index contributed by atoms with van der Waals surface area (Å²) in [7, 11) is 2.08. The second-order valence-corrected chi connectivity index (χ2v) is 7.08. The van der Waals surface area contributed by atoms with Gasteiger partial charge in [-0.1, -0.05) is 12.1 Å². The molecule has 0 spiro atoms. The first-order valence-electron chi connectivity index (χ1n) is 7.75. The molecule has 0 atom stereocenters. The second-order valence-electron chi connectivity index (χ2n) is 7.08. The summed E-state index contributed by atoms with van der Waals surface area (Å²) in [5.41, 5.74) is 0.804. The highest BCUT2D eigenvalue weighted by Crippen LogP contribution is 2.21. The maximum absolute atomic E-state index is 11.9. The van der Waals surface area contributed by atoms with Crippen molar-refractivity contribution in [3.63, 3.8) is 0 Å². The quantitative estimate of drug-likeness (QED) is 0.799. The van der Waals surface area contributed by atoms with Crippen molar-refractivity contribution in [1.29, 1.82) is 0 Å². The van der Waals surface area contributed by atoms with Crippen molar-refractivity contribution < 1.29 is 14.2 Å². The summed E-state index contributed by atoms with van der Waals surface area (Å²) in [6, 6.07) is 8.36. The van der Waals surface area contributed by atoms with Crippen LogP contribution in [-0.4, -0.2) is 34.4 Å². The Balaban J connectivity index is 1.60. The number of hydrogen-bond donors (Lipinski definition) is 0. The highest BCUT2D eigenvalue weighted by molar-refractivity contribution is 5.74. The normalized spacial score (nSPS) is 15.9. The van der Waals surface area contributed by atoms with Crippen LogP contribution in [0.1, 0.15) is 20.8 Å². The molecule has 0 unspecified atom stereocenters. The number of para-hydroxylation sites is 1. The highest BCUT2D eigenvalue weighted by Gasteiger charge is 2.34. The smallest absolute Gasteiger partial charge is 0.410 e. The summed E-state index contributed by atoms with van der Waals surface area (Å²) < 4.78 is 9.78. The fourth-order valence-electron chi connectivity index (χ4n) is 2.88. The number of carbonyl (C=O) groups is 1. The van der Waals surface area contributed by atoms with E-state index < -0.39 is 5.60 Å². The highest BCUT2D eigenvalue weighted by atomic mass is 16.6. The van der Waals surface area contributed by atoms with Gasteiger partial charge in [-0.25, -0.2) is 4.79 Å². The zero-order valence-electron chi connectivity index (χ0n) is 13.7. The van der Waals surface area contributed by atoms with E-state index >= 15 is 0 Å². The van der Waals surface area contributed by atoms with Crippen LogP contribution < -0.4 is 4.68 Å². The molecule has 118 valence electrons. The first-order chi connectivity index (χ1) is 10.3. The number of carbonyl (C=O) groups excluding carboxylic acids is 1. The number of ether oxygens (including phenoxy) is 1. The number of aromatic nitrogens is 2. The molecule has 1 aliphatic rings. The van der Waals surface area contributed by atoms with Crippen molar-refractivity contribution in [2.24, 2.45) is 13.0 Å². The number of likely N-dealkylation sites (tertiary alicyclic amines) is 1. The molecule has 1 fully saturated rings. The number of hydrogen-bond acceptors (Lipinski definition) is 2. The van der Waals surface area contributed by atoms with Crippen LogP contribution in [0.3, 0.4) is 0 Å². The van der Waals surface area contributed by atoms with E-state index in [1.807, 2.05) is 20.8 Å². The van der Waals surface area contributed by atoms with Crippen molar-refractivity contribution in [1.82, 2.24) is 9.58 Å². The third-order valence-corrected chi connectivity index (χ3v) is 4.01. The van der Waals surface area contributed by atoms with Gasteiger partial charge in [-0.15, -0.1) is 4.68 Å².